The Hall–Kier alpha value is -1.55. The first-order chi connectivity index (χ1) is 20.5. The van der Waals surface area contributed by atoms with Crippen molar-refractivity contribution in [2.75, 3.05) is 34.2 Å². The van der Waals surface area contributed by atoms with E-state index in [2.05, 4.69) is 76.2 Å². The average molecular weight is 589 g/mol. The van der Waals surface area contributed by atoms with Gasteiger partial charge in [0.2, 0.25) is 0 Å². The predicted molar refractivity (Wildman–Crippen MR) is 186 cm³/mol. The molecule has 0 aromatic rings. The van der Waals surface area contributed by atoms with E-state index in [-0.39, 0.29) is 12.2 Å². The molecule has 0 aliphatic carbocycles. The van der Waals surface area contributed by atoms with E-state index < -0.39 is 0 Å². The number of amides is 1. The Labute approximate surface area is 263 Å². The van der Waals surface area contributed by atoms with Gasteiger partial charge in [-0.1, -0.05) is 95.8 Å². The maximum absolute atomic E-state index is 13.2. The minimum Gasteiger partial charge on any atom is -0.446 e. The molecular weight excluding hydrogens is 516 g/mol. The van der Waals surface area contributed by atoms with Gasteiger partial charge in [-0.15, -0.1) is 0 Å². The first-order valence-electron chi connectivity index (χ1n) is 18.0. The monoisotopic (exact) mass is 589 g/mol. The first-order valence-corrected chi connectivity index (χ1v) is 18.0. The van der Waals surface area contributed by atoms with Crippen LogP contribution in [0.3, 0.4) is 0 Å². The summed E-state index contributed by atoms with van der Waals surface area (Å²) in [5.41, 5.74) is 0. The molecule has 1 atom stereocenters. The molecule has 0 heterocycles. The molecule has 0 spiro atoms. The number of ether oxygens (including phenoxy) is 1. The maximum atomic E-state index is 13.2. The molecule has 246 valence electrons. The molecule has 0 rings (SSSR count). The molecule has 42 heavy (non-hydrogen) atoms. The Balaban J connectivity index is 5.28. The van der Waals surface area contributed by atoms with Gasteiger partial charge >= 0.3 is 6.09 Å². The van der Waals surface area contributed by atoms with Gasteiger partial charge in [-0.2, -0.15) is 0 Å². The molecule has 0 saturated heterocycles. The Kier molecular flexibility index (Phi) is 29.8. The van der Waals surface area contributed by atoms with Crippen molar-refractivity contribution in [1.29, 1.82) is 0 Å². The highest BCUT2D eigenvalue weighted by molar-refractivity contribution is 5.67. The summed E-state index contributed by atoms with van der Waals surface area (Å²) in [4.78, 5) is 17.1. The average Bonchev–Trinajstić information content (AvgIpc) is 2.97. The van der Waals surface area contributed by atoms with E-state index in [0.29, 0.717) is 5.92 Å². The lowest BCUT2D eigenvalue weighted by atomic mass is 9.88. The van der Waals surface area contributed by atoms with Crippen molar-refractivity contribution in [3.63, 3.8) is 0 Å². The van der Waals surface area contributed by atoms with Crippen LogP contribution in [0.25, 0.3) is 0 Å². The van der Waals surface area contributed by atoms with E-state index in [1.165, 1.54) is 83.5 Å². The van der Waals surface area contributed by atoms with Crippen molar-refractivity contribution in [3.05, 3.63) is 36.5 Å². The second-order valence-corrected chi connectivity index (χ2v) is 12.6. The number of nitrogens with zero attached hydrogens (tertiary/aromatic N) is 2. The van der Waals surface area contributed by atoms with Gasteiger partial charge in [-0.3, -0.25) is 0 Å². The van der Waals surface area contributed by atoms with Crippen LogP contribution < -0.4 is 0 Å². The molecule has 0 aromatic carbocycles. The fourth-order valence-corrected chi connectivity index (χ4v) is 5.34. The number of rotatable bonds is 29. The van der Waals surface area contributed by atoms with Crippen LogP contribution in [0.4, 0.5) is 4.79 Å². The largest absolute Gasteiger partial charge is 0.446 e. The van der Waals surface area contributed by atoms with E-state index in [1.807, 2.05) is 7.05 Å². The van der Waals surface area contributed by atoms with Crippen LogP contribution in [0.5, 0.6) is 0 Å². The van der Waals surface area contributed by atoms with E-state index in [9.17, 15) is 4.79 Å². The van der Waals surface area contributed by atoms with Crippen molar-refractivity contribution >= 4 is 6.09 Å². The molecule has 4 nitrogen and oxygen atoms in total. The molecule has 1 amide bonds. The number of hydrogen-bond donors (Lipinski definition) is 0. The summed E-state index contributed by atoms with van der Waals surface area (Å²) >= 11 is 0. The number of hydrogen-bond acceptors (Lipinski definition) is 3. The summed E-state index contributed by atoms with van der Waals surface area (Å²) in [6.45, 7) is 8.49. The third-order valence-corrected chi connectivity index (χ3v) is 8.12. The van der Waals surface area contributed by atoms with Crippen molar-refractivity contribution in [2.45, 2.75) is 162 Å². The summed E-state index contributed by atoms with van der Waals surface area (Å²) in [6.07, 6.45) is 38.9. The summed E-state index contributed by atoms with van der Waals surface area (Å²) in [5.74, 6) is 0.416. The Morgan fingerprint density at radius 2 is 0.976 bits per heavy atom. The van der Waals surface area contributed by atoms with Crippen LogP contribution in [-0.4, -0.2) is 56.2 Å². The van der Waals surface area contributed by atoms with Gasteiger partial charge in [-0.25, -0.2) is 4.79 Å². The maximum Gasteiger partial charge on any atom is 0.409 e. The van der Waals surface area contributed by atoms with Crippen molar-refractivity contribution in [3.8, 4) is 0 Å². The zero-order valence-electron chi connectivity index (χ0n) is 29.1. The van der Waals surface area contributed by atoms with E-state index >= 15 is 0 Å². The summed E-state index contributed by atoms with van der Waals surface area (Å²) in [5, 5.41) is 0. The zero-order valence-corrected chi connectivity index (χ0v) is 29.1. The lowest BCUT2D eigenvalue weighted by Crippen LogP contribution is -2.36. The van der Waals surface area contributed by atoms with Crippen LogP contribution in [-0.2, 0) is 4.74 Å². The lowest BCUT2D eigenvalue weighted by molar-refractivity contribution is 0.0288. The van der Waals surface area contributed by atoms with Crippen LogP contribution in [0, 0.1) is 5.92 Å². The Morgan fingerprint density at radius 3 is 1.40 bits per heavy atom. The fraction of sp³-hybridized carbons (Fsp3) is 0.816. The third kappa shape index (κ3) is 26.1. The molecule has 0 radical (unpaired) electrons. The summed E-state index contributed by atoms with van der Waals surface area (Å²) in [7, 11) is 6.05. The van der Waals surface area contributed by atoms with E-state index in [1.54, 1.807) is 4.90 Å². The van der Waals surface area contributed by atoms with Gasteiger partial charge in [0.25, 0.3) is 0 Å². The van der Waals surface area contributed by atoms with Gasteiger partial charge in [0.1, 0.15) is 6.10 Å². The molecule has 0 bridgehead atoms. The number of carbonyl (C=O) groups excluding carboxylic acids is 1. The fourth-order valence-electron chi connectivity index (χ4n) is 5.34. The van der Waals surface area contributed by atoms with Crippen LogP contribution in [0.15, 0.2) is 36.5 Å². The first kappa shape index (κ1) is 40.5. The molecule has 0 aromatic heterocycles. The minimum absolute atomic E-state index is 0.0174. The second-order valence-electron chi connectivity index (χ2n) is 12.6. The van der Waals surface area contributed by atoms with Gasteiger partial charge in [0.15, 0.2) is 0 Å². The van der Waals surface area contributed by atoms with Crippen LogP contribution >= 0.6 is 0 Å². The van der Waals surface area contributed by atoms with E-state index in [0.717, 1.165) is 64.5 Å². The second kappa shape index (κ2) is 30.9. The quantitative estimate of drug-likeness (QED) is 0.0643. The van der Waals surface area contributed by atoms with Gasteiger partial charge in [0.05, 0.1) is 0 Å². The number of carbonyl (C=O) groups is 1. The van der Waals surface area contributed by atoms with Crippen molar-refractivity contribution < 1.29 is 9.53 Å². The molecule has 0 N–H and O–H groups in total. The van der Waals surface area contributed by atoms with E-state index in [4.69, 9.17) is 4.74 Å². The Morgan fingerprint density at radius 1 is 0.548 bits per heavy atom. The highest BCUT2D eigenvalue weighted by atomic mass is 16.6. The standard InChI is InChI=1S/C38H72N2O2/c1-7-10-13-16-19-22-24-27-31-36(32-28-25-23-20-17-14-11-8-2)37(33-29-26-21-18-15-12-9-3)42-38(41)40(6)35-30-34-39(4)5/h19-23,26,36-37H,7-18,24-25,27-35H2,1-6H3. The zero-order chi connectivity index (χ0) is 31.1. The lowest BCUT2D eigenvalue weighted by Gasteiger charge is -2.29. The molecular formula is C38H72N2O2. The highest BCUT2D eigenvalue weighted by Crippen LogP contribution is 2.27. The summed E-state index contributed by atoms with van der Waals surface area (Å²) in [6, 6.07) is 0. The van der Waals surface area contributed by atoms with Crippen LogP contribution in [0.1, 0.15) is 156 Å². The molecule has 0 saturated carbocycles. The number of unbranched alkanes of at least 4 members (excludes halogenated alkanes) is 11. The van der Waals surface area contributed by atoms with Crippen molar-refractivity contribution in [1.82, 2.24) is 9.80 Å². The number of allylic oxidation sites excluding steroid dienone is 6. The molecule has 1 unspecified atom stereocenters. The highest BCUT2D eigenvalue weighted by Gasteiger charge is 2.25. The SMILES string of the molecule is CCCCCC=CCCCC(CCCC=CCCCCC)C(CCC=CCCCCC)OC(=O)N(C)CCCN(C)C. The predicted octanol–water partition coefficient (Wildman–Crippen LogP) is 11.5. The molecule has 0 fully saturated rings. The normalized spacial score (nSPS) is 13.6. The smallest absolute Gasteiger partial charge is 0.409 e. The van der Waals surface area contributed by atoms with Gasteiger partial charge < -0.3 is 14.5 Å². The molecule has 0 aliphatic heterocycles. The van der Waals surface area contributed by atoms with Crippen molar-refractivity contribution in [2.24, 2.45) is 5.92 Å². The topological polar surface area (TPSA) is 32.8 Å². The van der Waals surface area contributed by atoms with Gasteiger partial charge in [-0.05, 0) is 123 Å². The molecule has 0 aliphatic rings. The molecule has 4 heteroatoms. The Bertz CT molecular complexity index is 644. The summed E-state index contributed by atoms with van der Waals surface area (Å²) < 4.78 is 6.33. The minimum atomic E-state index is -0.151. The van der Waals surface area contributed by atoms with Crippen LogP contribution in [0.2, 0.25) is 0 Å². The third-order valence-electron chi connectivity index (χ3n) is 8.12. The van der Waals surface area contributed by atoms with Gasteiger partial charge in [0, 0.05) is 13.6 Å².